The number of carbonyl (C=O) groups excluding carboxylic acids is 1. The van der Waals surface area contributed by atoms with Gasteiger partial charge in [-0.25, -0.2) is 9.37 Å². The van der Waals surface area contributed by atoms with Crippen molar-refractivity contribution in [3.63, 3.8) is 0 Å². The lowest BCUT2D eigenvalue weighted by molar-refractivity contribution is 0.0951. The zero-order valence-electron chi connectivity index (χ0n) is 13.3. The summed E-state index contributed by atoms with van der Waals surface area (Å²) in [6.45, 7) is 2.36. The summed E-state index contributed by atoms with van der Waals surface area (Å²) in [5.74, 6) is -0.340. The van der Waals surface area contributed by atoms with E-state index in [2.05, 4.69) is 10.3 Å². The lowest BCUT2D eigenvalue weighted by Crippen LogP contribution is -2.22. The van der Waals surface area contributed by atoms with E-state index in [-0.39, 0.29) is 11.7 Å². The Labute approximate surface area is 144 Å². The molecule has 3 rings (SSSR count). The fourth-order valence-corrected chi connectivity index (χ4v) is 3.41. The maximum Gasteiger partial charge on any atom is 0.251 e. The van der Waals surface area contributed by atoms with Gasteiger partial charge < -0.3 is 5.32 Å². The number of carbonyl (C=O) groups is 1. The number of amides is 1. The van der Waals surface area contributed by atoms with E-state index in [0.717, 1.165) is 27.6 Å². The molecular formula is C19H17FN2OS. The highest BCUT2D eigenvalue weighted by molar-refractivity contribution is 7.11. The fourth-order valence-electron chi connectivity index (χ4n) is 2.36. The quantitative estimate of drug-likeness (QED) is 0.759. The second-order valence-electron chi connectivity index (χ2n) is 5.47. The molecule has 0 fully saturated rings. The predicted molar refractivity (Wildman–Crippen MR) is 93.7 cm³/mol. The van der Waals surface area contributed by atoms with E-state index in [9.17, 15) is 9.18 Å². The zero-order chi connectivity index (χ0) is 16.9. The van der Waals surface area contributed by atoms with Crippen LogP contribution >= 0.6 is 11.3 Å². The lowest BCUT2D eigenvalue weighted by Gasteiger charge is -2.02. The van der Waals surface area contributed by atoms with E-state index in [1.165, 1.54) is 12.1 Å². The molecule has 0 aliphatic rings. The number of halogens is 1. The van der Waals surface area contributed by atoms with Crippen molar-refractivity contribution in [1.82, 2.24) is 10.3 Å². The van der Waals surface area contributed by atoms with Crippen LogP contribution in [0.25, 0.3) is 0 Å². The van der Waals surface area contributed by atoms with Crippen LogP contribution in [0.2, 0.25) is 0 Å². The van der Waals surface area contributed by atoms with Gasteiger partial charge in [0.1, 0.15) is 10.8 Å². The van der Waals surface area contributed by atoms with E-state index >= 15 is 0 Å². The number of rotatable bonds is 5. The van der Waals surface area contributed by atoms with Crippen molar-refractivity contribution in [2.24, 2.45) is 0 Å². The number of benzene rings is 2. The van der Waals surface area contributed by atoms with Crippen molar-refractivity contribution in [3.8, 4) is 0 Å². The van der Waals surface area contributed by atoms with Crippen LogP contribution in [0.5, 0.6) is 0 Å². The van der Waals surface area contributed by atoms with Crippen molar-refractivity contribution in [2.75, 3.05) is 0 Å². The highest BCUT2D eigenvalue weighted by Crippen LogP contribution is 2.22. The number of hydrogen-bond acceptors (Lipinski definition) is 3. The summed E-state index contributed by atoms with van der Waals surface area (Å²) in [5.41, 5.74) is 2.63. The van der Waals surface area contributed by atoms with E-state index in [0.29, 0.717) is 12.1 Å². The molecular weight excluding hydrogens is 323 g/mol. The van der Waals surface area contributed by atoms with Gasteiger partial charge in [0.25, 0.3) is 5.91 Å². The molecule has 3 nitrogen and oxygen atoms in total. The topological polar surface area (TPSA) is 42.0 Å². The first-order chi connectivity index (χ1) is 11.6. The van der Waals surface area contributed by atoms with Crippen LogP contribution in [0, 0.1) is 12.7 Å². The Morgan fingerprint density at radius 2 is 1.83 bits per heavy atom. The van der Waals surface area contributed by atoms with Crippen LogP contribution in [0.1, 0.15) is 31.5 Å². The molecule has 2 aromatic carbocycles. The van der Waals surface area contributed by atoms with Crippen LogP contribution in [0.3, 0.4) is 0 Å². The molecule has 0 bridgehead atoms. The number of thiazole rings is 1. The van der Waals surface area contributed by atoms with Gasteiger partial charge in [0.15, 0.2) is 0 Å². The predicted octanol–water partition coefficient (Wildman–Crippen LogP) is 4.11. The van der Waals surface area contributed by atoms with Gasteiger partial charge in [-0.2, -0.15) is 0 Å². The number of nitrogens with one attached hydrogen (secondary N) is 1. The smallest absolute Gasteiger partial charge is 0.251 e. The molecule has 0 unspecified atom stereocenters. The van der Waals surface area contributed by atoms with Gasteiger partial charge in [-0.05, 0) is 36.8 Å². The molecule has 0 saturated heterocycles. The average molecular weight is 340 g/mol. The molecule has 0 radical (unpaired) electrons. The third-order valence-corrected chi connectivity index (χ3v) is 4.81. The summed E-state index contributed by atoms with van der Waals surface area (Å²) in [7, 11) is 0. The lowest BCUT2D eigenvalue weighted by atomic mass is 10.1. The van der Waals surface area contributed by atoms with Crippen molar-refractivity contribution in [1.29, 1.82) is 0 Å². The van der Waals surface area contributed by atoms with Crippen LogP contribution < -0.4 is 5.32 Å². The van der Waals surface area contributed by atoms with Gasteiger partial charge in [-0.15, -0.1) is 11.3 Å². The number of aromatic nitrogens is 1. The molecule has 24 heavy (non-hydrogen) atoms. The van der Waals surface area contributed by atoms with Gasteiger partial charge in [0.05, 0.1) is 12.2 Å². The SMILES string of the molecule is Cc1nc(CNC(=O)c2ccccc2)sc1Cc1ccc(F)cc1. The standard InChI is InChI=1S/C19H17FN2OS/c1-13-17(11-14-7-9-16(20)10-8-14)24-18(22-13)12-21-19(23)15-5-3-2-4-6-15/h2-10H,11-12H2,1H3,(H,21,23). The third kappa shape index (κ3) is 4.06. The molecule has 1 heterocycles. The summed E-state index contributed by atoms with van der Waals surface area (Å²) >= 11 is 1.58. The summed E-state index contributed by atoms with van der Waals surface area (Å²) in [6, 6.07) is 15.6. The molecule has 3 aromatic rings. The Morgan fingerprint density at radius 1 is 1.12 bits per heavy atom. The number of nitrogens with zero attached hydrogens (tertiary/aromatic N) is 1. The Balaban J connectivity index is 1.63. The van der Waals surface area contributed by atoms with Crippen molar-refractivity contribution in [3.05, 3.63) is 87.1 Å². The highest BCUT2D eigenvalue weighted by atomic mass is 32.1. The van der Waals surface area contributed by atoms with Gasteiger partial charge in [-0.3, -0.25) is 4.79 Å². The molecule has 1 aromatic heterocycles. The Hall–Kier alpha value is -2.53. The van der Waals surface area contributed by atoms with Crippen molar-refractivity contribution < 1.29 is 9.18 Å². The summed E-state index contributed by atoms with van der Waals surface area (Å²) in [4.78, 5) is 17.7. The van der Waals surface area contributed by atoms with E-state index < -0.39 is 0 Å². The first kappa shape index (κ1) is 16.3. The van der Waals surface area contributed by atoms with E-state index in [4.69, 9.17) is 0 Å². The fraction of sp³-hybridized carbons (Fsp3) is 0.158. The summed E-state index contributed by atoms with van der Waals surface area (Å²) in [5, 5.41) is 3.76. The van der Waals surface area contributed by atoms with E-state index in [1.54, 1.807) is 35.6 Å². The maximum absolute atomic E-state index is 13.0. The largest absolute Gasteiger partial charge is 0.346 e. The minimum Gasteiger partial charge on any atom is -0.346 e. The molecule has 1 N–H and O–H groups in total. The summed E-state index contributed by atoms with van der Waals surface area (Å²) < 4.78 is 13.0. The second kappa shape index (κ2) is 7.36. The minimum atomic E-state index is -0.232. The molecule has 0 atom stereocenters. The third-order valence-electron chi connectivity index (χ3n) is 3.65. The molecule has 1 amide bonds. The van der Waals surface area contributed by atoms with Crippen LogP contribution in [-0.2, 0) is 13.0 Å². The number of aryl methyl sites for hydroxylation is 1. The van der Waals surface area contributed by atoms with Gasteiger partial charge in [0, 0.05) is 16.9 Å². The zero-order valence-corrected chi connectivity index (χ0v) is 14.1. The van der Waals surface area contributed by atoms with Gasteiger partial charge in [-0.1, -0.05) is 30.3 Å². The average Bonchev–Trinajstić information content (AvgIpc) is 2.95. The van der Waals surface area contributed by atoms with Crippen LogP contribution in [-0.4, -0.2) is 10.9 Å². The van der Waals surface area contributed by atoms with Gasteiger partial charge in [0.2, 0.25) is 0 Å². The molecule has 5 heteroatoms. The van der Waals surface area contributed by atoms with Crippen molar-refractivity contribution in [2.45, 2.75) is 19.9 Å². The molecule has 0 spiro atoms. The maximum atomic E-state index is 13.0. The monoisotopic (exact) mass is 340 g/mol. The minimum absolute atomic E-state index is 0.108. The molecule has 122 valence electrons. The molecule has 0 aliphatic heterocycles. The van der Waals surface area contributed by atoms with Crippen LogP contribution in [0.4, 0.5) is 4.39 Å². The van der Waals surface area contributed by atoms with Crippen LogP contribution in [0.15, 0.2) is 54.6 Å². The number of hydrogen-bond donors (Lipinski definition) is 1. The Morgan fingerprint density at radius 3 is 2.54 bits per heavy atom. The molecule has 0 aliphatic carbocycles. The first-order valence-electron chi connectivity index (χ1n) is 7.64. The first-order valence-corrected chi connectivity index (χ1v) is 8.46. The normalized spacial score (nSPS) is 10.6. The highest BCUT2D eigenvalue weighted by Gasteiger charge is 2.10. The van der Waals surface area contributed by atoms with Crippen molar-refractivity contribution >= 4 is 17.2 Å². The van der Waals surface area contributed by atoms with Gasteiger partial charge >= 0.3 is 0 Å². The Kier molecular flexibility index (Phi) is 5.01. The second-order valence-corrected chi connectivity index (χ2v) is 6.64. The summed E-state index contributed by atoms with van der Waals surface area (Å²) in [6.07, 6.45) is 0.719. The Bertz CT molecular complexity index is 828. The molecule has 0 saturated carbocycles. The van der Waals surface area contributed by atoms with E-state index in [1.807, 2.05) is 25.1 Å².